The molecule has 0 saturated heterocycles. The number of nitrogens with zero attached hydrogens (tertiary/aromatic N) is 1. The van der Waals surface area contributed by atoms with Crippen LogP contribution < -0.4 is 5.32 Å². The summed E-state index contributed by atoms with van der Waals surface area (Å²) in [5, 5.41) is 25.7. The lowest BCUT2D eigenvalue weighted by Gasteiger charge is -2.72. The van der Waals surface area contributed by atoms with Crippen molar-refractivity contribution in [2.45, 2.75) is 153 Å². The van der Waals surface area contributed by atoms with Gasteiger partial charge in [-0.2, -0.15) is 0 Å². The van der Waals surface area contributed by atoms with E-state index in [0.717, 1.165) is 61.9 Å². The Labute approximate surface area is 332 Å². The summed E-state index contributed by atoms with van der Waals surface area (Å²) in [5.41, 5.74) is 1.26. The number of aryl methyl sites for hydroxylation is 2. The number of carbonyl (C=O) groups is 4. The van der Waals surface area contributed by atoms with Gasteiger partial charge in [-0.3, -0.25) is 19.2 Å². The summed E-state index contributed by atoms with van der Waals surface area (Å²) < 4.78 is 6.40. The molecule has 5 fully saturated rings. The Morgan fingerprint density at radius 3 is 2.18 bits per heavy atom. The van der Waals surface area contributed by atoms with E-state index >= 15 is 0 Å². The van der Waals surface area contributed by atoms with E-state index in [9.17, 15) is 29.4 Å². The summed E-state index contributed by atoms with van der Waals surface area (Å²) in [6.45, 7) is 24.0. The number of rotatable bonds is 8. The Morgan fingerprint density at radius 1 is 0.891 bits per heavy atom. The summed E-state index contributed by atoms with van der Waals surface area (Å²) in [7, 11) is 0. The number of amides is 1. The molecular weight excluding hydrogens is 713 g/mol. The van der Waals surface area contributed by atoms with Gasteiger partial charge in [-0.15, -0.1) is 11.3 Å². The van der Waals surface area contributed by atoms with E-state index in [0.29, 0.717) is 35.2 Å². The number of carbonyl (C=O) groups excluding carboxylic acids is 3. The number of nitrogens with one attached hydrogen (secondary N) is 1. The molecule has 10 heteroatoms. The maximum absolute atomic E-state index is 14.1. The number of aliphatic hydroxyl groups is 1. The molecule has 1 aromatic rings. The number of hydrogen-bond acceptors (Lipinski definition) is 8. The van der Waals surface area contributed by atoms with Crippen LogP contribution in [0.25, 0.3) is 0 Å². The van der Waals surface area contributed by atoms with Crippen molar-refractivity contribution in [3.63, 3.8) is 0 Å². The fraction of sp³-hybridized carbons (Fsp3) is 0.800. The fourth-order valence-electron chi connectivity index (χ4n) is 14.4. The van der Waals surface area contributed by atoms with E-state index in [-0.39, 0.29) is 63.8 Å². The van der Waals surface area contributed by atoms with Gasteiger partial charge in [0.1, 0.15) is 11.0 Å². The van der Waals surface area contributed by atoms with Crippen LogP contribution in [0.2, 0.25) is 0 Å². The molecule has 7 rings (SSSR count). The Bertz CT molecular complexity index is 1830. The van der Waals surface area contributed by atoms with Gasteiger partial charge < -0.3 is 20.3 Å². The fourth-order valence-corrected chi connectivity index (χ4v) is 15.3. The lowest BCUT2D eigenvalue weighted by molar-refractivity contribution is -0.238. The number of aromatic nitrogens is 1. The van der Waals surface area contributed by atoms with E-state index in [1.165, 1.54) is 16.9 Å². The van der Waals surface area contributed by atoms with Crippen LogP contribution in [0.1, 0.15) is 147 Å². The van der Waals surface area contributed by atoms with Gasteiger partial charge in [0.15, 0.2) is 5.78 Å². The first-order valence-corrected chi connectivity index (χ1v) is 21.9. The van der Waals surface area contributed by atoms with Crippen LogP contribution in [-0.2, 0) is 19.1 Å². The largest absolute Gasteiger partial charge is 0.481 e. The van der Waals surface area contributed by atoms with Gasteiger partial charge in [-0.25, -0.2) is 4.98 Å². The standard InChI is InChI=1S/C45H66N2O7S/c1-23(2)34-29(48)21-45(32(49)22-46-37(50)36-24(3)47-25(4)55-36)19-18-43(10)26(35(34)45)12-13-31-42(9)16-15-33(41(7,8)30(42)14-17-44(31,43)11)54-39(53)28-20-27(38(51)52)40(28,5)6/h23,26-28,30-33,49H,12-22H2,1-11H3,(H,46,50)(H,51,52)/t26-,27+,28-,30+,31-,32+,33+,42+,43-,44-,45+/m1/s1. The minimum atomic E-state index is -0.872. The minimum absolute atomic E-state index is 0.0101. The Morgan fingerprint density at radius 2 is 1.58 bits per heavy atom. The summed E-state index contributed by atoms with van der Waals surface area (Å²) in [6.07, 6.45) is 7.10. The molecule has 9 nitrogen and oxygen atoms in total. The third-order valence-corrected chi connectivity index (χ3v) is 18.8. The molecule has 11 atom stereocenters. The molecule has 0 aliphatic heterocycles. The first-order valence-electron chi connectivity index (χ1n) is 21.1. The third-order valence-electron chi connectivity index (χ3n) is 17.7. The number of ketones is 1. The predicted molar refractivity (Wildman–Crippen MR) is 212 cm³/mol. The second-order valence-electron chi connectivity index (χ2n) is 21.0. The van der Waals surface area contributed by atoms with Crippen molar-refractivity contribution >= 4 is 35.0 Å². The van der Waals surface area contributed by atoms with E-state index in [4.69, 9.17) is 4.74 Å². The van der Waals surface area contributed by atoms with Gasteiger partial charge in [-0.1, -0.05) is 67.9 Å². The third kappa shape index (κ3) is 5.70. The van der Waals surface area contributed by atoms with E-state index in [2.05, 4.69) is 58.8 Å². The number of carboxylic acids is 1. The second-order valence-corrected chi connectivity index (χ2v) is 22.2. The van der Waals surface area contributed by atoms with Crippen molar-refractivity contribution in [2.75, 3.05) is 6.54 Å². The molecule has 0 unspecified atom stereocenters. The molecule has 6 aliphatic carbocycles. The number of aliphatic carboxylic acids is 1. The number of Topliss-reactive ketones (excluding diaryl/α,β-unsaturated/α-hetero) is 1. The molecule has 3 N–H and O–H groups in total. The molecule has 0 bridgehead atoms. The molecular formula is C45H66N2O7S. The number of carboxylic acid groups (broad SMARTS) is 1. The van der Waals surface area contributed by atoms with E-state index in [1.807, 2.05) is 27.7 Å². The molecule has 1 amide bonds. The molecule has 5 saturated carbocycles. The first-order chi connectivity index (χ1) is 25.5. The Balaban J connectivity index is 1.14. The van der Waals surface area contributed by atoms with E-state index in [1.54, 1.807) is 0 Å². The average molecular weight is 779 g/mol. The maximum atomic E-state index is 14.1. The summed E-state index contributed by atoms with van der Waals surface area (Å²) >= 11 is 1.36. The zero-order valence-corrected chi connectivity index (χ0v) is 36.0. The van der Waals surface area contributed by atoms with Crippen molar-refractivity contribution in [3.05, 3.63) is 26.7 Å². The second kappa shape index (κ2) is 13.2. The highest BCUT2D eigenvalue weighted by Gasteiger charge is 2.71. The molecule has 1 heterocycles. The smallest absolute Gasteiger partial charge is 0.309 e. The maximum Gasteiger partial charge on any atom is 0.309 e. The van der Waals surface area contributed by atoms with Gasteiger partial charge in [-0.05, 0) is 123 Å². The molecule has 1 aromatic heterocycles. The van der Waals surface area contributed by atoms with Gasteiger partial charge in [0.05, 0.1) is 28.6 Å². The minimum Gasteiger partial charge on any atom is -0.481 e. The van der Waals surface area contributed by atoms with Crippen LogP contribution in [0.15, 0.2) is 11.1 Å². The summed E-state index contributed by atoms with van der Waals surface area (Å²) in [4.78, 5) is 57.7. The normalized spacial score (nSPS) is 40.6. The summed E-state index contributed by atoms with van der Waals surface area (Å²) in [6, 6.07) is 0. The van der Waals surface area contributed by atoms with Gasteiger partial charge in [0.25, 0.3) is 5.91 Å². The number of allylic oxidation sites excluding steroid dienone is 1. The van der Waals surface area contributed by atoms with Crippen LogP contribution in [-0.4, -0.2) is 57.6 Å². The van der Waals surface area contributed by atoms with Crippen molar-refractivity contribution in [2.24, 2.45) is 68.0 Å². The van der Waals surface area contributed by atoms with Crippen LogP contribution in [0.3, 0.4) is 0 Å². The molecule has 0 aromatic carbocycles. The molecule has 0 radical (unpaired) electrons. The topological polar surface area (TPSA) is 143 Å². The quantitative estimate of drug-likeness (QED) is 0.223. The highest BCUT2D eigenvalue weighted by molar-refractivity contribution is 7.13. The number of ether oxygens (including phenoxy) is 1. The SMILES string of the molecule is Cc1nc(C)c(C(=O)NC[C@H](O)[C@@]23CC[C@]4(C)[C@H](CC[C@@H]5[C@@]6(C)CC[C@H](OC(=O)[C@H]7C[C@@H](C(=O)O)C7(C)C)C(C)(C)[C@@H]6CC[C@]54C)C2=C(C(C)C)C(=O)C3)s1. The van der Waals surface area contributed by atoms with Crippen LogP contribution in [0, 0.1) is 81.8 Å². The van der Waals surface area contributed by atoms with Crippen LogP contribution >= 0.6 is 11.3 Å². The van der Waals surface area contributed by atoms with Gasteiger partial charge in [0, 0.05) is 23.8 Å². The average Bonchev–Trinajstić information content (AvgIpc) is 3.59. The Kier molecular flexibility index (Phi) is 9.76. The van der Waals surface area contributed by atoms with Crippen molar-refractivity contribution in [1.82, 2.24) is 10.3 Å². The molecule has 0 spiro atoms. The first kappa shape index (κ1) is 40.6. The van der Waals surface area contributed by atoms with Crippen molar-refractivity contribution < 1.29 is 34.1 Å². The number of thiazole rings is 1. The van der Waals surface area contributed by atoms with Crippen molar-refractivity contribution in [1.29, 1.82) is 0 Å². The number of hydrogen-bond donors (Lipinski definition) is 3. The van der Waals surface area contributed by atoms with Crippen molar-refractivity contribution in [3.8, 4) is 0 Å². The Hall–Kier alpha value is -2.59. The molecule has 55 heavy (non-hydrogen) atoms. The van der Waals surface area contributed by atoms with Gasteiger partial charge >= 0.3 is 11.9 Å². The highest BCUT2D eigenvalue weighted by atomic mass is 32.1. The number of fused-ring (bicyclic) bond motifs is 7. The lowest BCUT2D eigenvalue weighted by Crippen LogP contribution is -2.66. The molecule has 6 aliphatic rings. The number of esters is 1. The highest BCUT2D eigenvalue weighted by Crippen LogP contribution is 2.77. The molecule has 304 valence electrons. The lowest BCUT2D eigenvalue weighted by atomic mass is 9.33. The van der Waals surface area contributed by atoms with Gasteiger partial charge in [0.2, 0.25) is 0 Å². The summed E-state index contributed by atoms with van der Waals surface area (Å²) in [5.74, 6) is -1.000. The van der Waals surface area contributed by atoms with E-state index < -0.39 is 34.7 Å². The zero-order valence-electron chi connectivity index (χ0n) is 35.2. The zero-order chi connectivity index (χ0) is 40.4. The monoisotopic (exact) mass is 778 g/mol. The predicted octanol–water partition coefficient (Wildman–Crippen LogP) is 8.49. The van der Waals surface area contributed by atoms with Crippen LogP contribution in [0.4, 0.5) is 0 Å². The van der Waals surface area contributed by atoms with Crippen LogP contribution in [0.5, 0.6) is 0 Å². The number of aliphatic hydroxyl groups excluding tert-OH is 1.